The molecular weight excluding hydrogens is 420 g/mol. The standard InChI is InChI=1S/C21H21ClN6O3/c22-17-5-1-2-6-19(17)31-16-7-10-27(11-8-16)20(29)13-24-21(30)18-14-28(26-25-18)15-4-3-9-23-12-15/h1-6,9,12,14,16H,7-8,10-11,13H2,(H,24,30). The average Bonchev–Trinajstić information content (AvgIpc) is 3.30. The fourth-order valence-corrected chi connectivity index (χ4v) is 3.46. The number of rotatable bonds is 6. The SMILES string of the molecule is O=C(NCC(=O)N1CCC(Oc2ccccc2Cl)CC1)c1cn(-c2cccnc2)nn1. The molecule has 1 aromatic carbocycles. The van der Waals surface area contributed by atoms with E-state index in [0.717, 1.165) is 0 Å². The summed E-state index contributed by atoms with van der Waals surface area (Å²) < 4.78 is 7.40. The van der Waals surface area contributed by atoms with Gasteiger partial charge in [-0.05, 0) is 24.3 Å². The van der Waals surface area contributed by atoms with Crippen molar-refractivity contribution < 1.29 is 14.3 Å². The number of piperidine rings is 1. The maximum Gasteiger partial charge on any atom is 0.273 e. The molecule has 1 aliphatic heterocycles. The third-order valence-electron chi connectivity index (χ3n) is 4.96. The highest BCUT2D eigenvalue weighted by atomic mass is 35.5. The molecule has 2 amide bonds. The van der Waals surface area contributed by atoms with E-state index in [1.807, 2.05) is 18.2 Å². The van der Waals surface area contributed by atoms with Crippen LogP contribution in [0.3, 0.4) is 0 Å². The minimum absolute atomic E-state index is 0.000978. The first-order chi connectivity index (χ1) is 15.1. The van der Waals surface area contributed by atoms with E-state index in [2.05, 4.69) is 20.6 Å². The first-order valence-electron chi connectivity index (χ1n) is 9.90. The van der Waals surface area contributed by atoms with Crippen LogP contribution >= 0.6 is 11.6 Å². The van der Waals surface area contributed by atoms with Crippen LogP contribution in [0, 0.1) is 0 Å². The number of hydrogen-bond acceptors (Lipinski definition) is 6. The van der Waals surface area contributed by atoms with Gasteiger partial charge in [-0.1, -0.05) is 28.9 Å². The van der Waals surface area contributed by atoms with Crippen molar-refractivity contribution in [1.82, 2.24) is 30.2 Å². The molecule has 1 N–H and O–H groups in total. The first-order valence-corrected chi connectivity index (χ1v) is 10.3. The number of nitrogens with one attached hydrogen (secondary N) is 1. The van der Waals surface area contributed by atoms with Crippen LogP contribution in [0.4, 0.5) is 0 Å². The number of halogens is 1. The molecule has 3 heterocycles. The van der Waals surface area contributed by atoms with E-state index in [9.17, 15) is 9.59 Å². The zero-order valence-electron chi connectivity index (χ0n) is 16.6. The van der Waals surface area contributed by atoms with Gasteiger partial charge < -0.3 is 15.0 Å². The van der Waals surface area contributed by atoms with Gasteiger partial charge in [0.1, 0.15) is 11.9 Å². The quantitative estimate of drug-likeness (QED) is 0.629. The van der Waals surface area contributed by atoms with Crippen molar-refractivity contribution >= 4 is 23.4 Å². The molecule has 4 rings (SSSR count). The Kier molecular flexibility index (Phi) is 6.42. The Morgan fingerprint density at radius 3 is 2.71 bits per heavy atom. The molecule has 31 heavy (non-hydrogen) atoms. The van der Waals surface area contributed by atoms with Crippen molar-refractivity contribution in [2.45, 2.75) is 18.9 Å². The molecular formula is C21H21ClN6O3. The van der Waals surface area contributed by atoms with Crippen molar-refractivity contribution in [3.05, 3.63) is 65.7 Å². The highest BCUT2D eigenvalue weighted by molar-refractivity contribution is 6.32. The zero-order valence-corrected chi connectivity index (χ0v) is 17.4. The zero-order chi connectivity index (χ0) is 21.6. The smallest absolute Gasteiger partial charge is 0.273 e. The molecule has 0 spiro atoms. The summed E-state index contributed by atoms with van der Waals surface area (Å²) in [5.41, 5.74) is 0.815. The topological polar surface area (TPSA) is 102 Å². The molecule has 160 valence electrons. The van der Waals surface area contributed by atoms with E-state index in [1.165, 1.54) is 10.9 Å². The third-order valence-corrected chi connectivity index (χ3v) is 5.27. The lowest BCUT2D eigenvalue weighted by Gasteiger charge is -2.32. The second kappa shape index (κ2) is 9.57. The van der Waals surface area contributed by atoms with Crippen molar-refractivity contribution in [1.29, 1.82) is 0 Å². The summed E-state index contributed by atoms with van der Waals surface area (Å²) in [6.07, 6.45) is 6.15. The Morgan fingerprint density at radius 2 is 1.97 bits per heavy atom. The fourth-order valence-electron chi connectivity index (χ4n) is 3.28. The van der Waals surface area contributed by atoms with Gasteiger partial charge in [-0.25, -0.2) is 4.68 Å². The van der Waals surface area contributed by atoms with Crippen molar-refractivity contribution in [3.63, 3.8) is 0 Å². The molecule has 3 aromatic rings. The summed E-state index contributed by atoms with van der Waals surface area (Å²) in [6.45, 7) is 1.01. The van der Waals surface area contributed by atoms with Gasteiger partial charge in [-0.3, -0.25) is 14.6 Å². The number of aromatic nitrogens is 4. The Hall–Kier alpha value is -3.46. The predicted molar refractivity (Wildman–Crippen MR) is 113 cm³/mol. The highest BCUT2D eigenvalue weighted by Gasteiger charge is 2.25. The summed E-state index contributed by atoms with van der Waals surface area (Å²) in [7, 11) is 0. The van der Waals surface area contributed by atoms with Crippen LogP contribution in [0.25, 0.3) is 5.69 Å². The molecule has 0 unspecified atom stereocenters. The minimum Gasteiger partial charge on any atom is -0.489 e. The average molecular weight is 441 g/mol. The Bertz CT molecular complexity index is 1050. The lowest BCUT2D eigenvalue weighted by Crippen LogP contribution is -2.46. The summed E-state index contributed by atoms with van der Waals surface area (Å²) in [4.78, 5) is 30.5. The maximum atomic E-state index is 12.5. The van der Waals surface area contributed by atoms with Gasteiger partial charge >= 0.3 is 0 Å². The molecule has 0 radical (unpaired) electrons. The van der Waals surface area contributed by atoms with E-state index in [1.54, 1.807) is 35.5 Å². The monoisotopic (exact) mass is 440 g/mol. The van der Waals surface area contributed by atoms with Crippen molar-refractivity contribution in [2.75, 3.05) is 19.6 Å². The molecule has 0 saturated carbocycles. The van der Waals surface area contributed by atoms with Crippen molar-refractivity contribution in [2.24, 2.45) is 0 Å². The third kappa shape index (κ3) is 5.18. The molecule has 1 aliphatic rings. The molecule has 10 heteroatoms. The van der Waals surface area contributed by atoms with E-state index in [0.29, 0.717) is 42.4 Å². The number of pyridine rings is 1. The molecule has 0 aliphatic carbocycles. The summed E-state index contributed by atoms with van der Waals surface area (Å²) in [5, 5.41) is 11.0. The Morgan fingerprint density at radius 1 is 1.16 bits per heavy atom. The van der Waals surface area contributed by atoms with Crippen LogP contribution < -0.4 is 10.1 Å². The first kappa shape index (κ1) is 20.8. The summed E-state index contributed by atoms with van der Waals surface area (Å²) in [5.74, 6) is 0.0464. The van der Waals surface area contributed by atoms with Gasteiger partial charge in [0.05, 0.1) is 29.6 Å². The molecule has 0 atom stereocenters. The van der Waals surface area contributed by atoms with Crippen LogP contribution in [0.2, 0.25) is 5.02 Å². The molecule has 0 bridgehead atoms. The van der Waals surface area contributed by atoms with Gasteiger partial charge in [-0.2, -0.15) is 0 Å². The number of nitrogens with zero attached hydrogens (tertiary/aromatic N) is 5. The van der Waals surface area contributed by atoms with Gasteiger partial charge in [0.15, 0.2) is 5.69 Å². The van der Waals surface area contributed by atoms with Crippen LogP contribution in [0.1, 0.15) is 23.3 Å². The second-order valence-corrected chi connectivity index (χ2v) is 7.48. The molecule has 2 aromatic heterocycles. The minimum atomic E-state index is -0.458. The summed E-state index contributed by atoms with van der Waals surface area (Å²) in [6, 6.07) is 10.9. The van der Waals surface area contributed by atoms with Gasteiger partial charge in [0, 0.05) is 32.1 Å². The number of benzene rings is 1. The molecule has 1 saturated heterocycles. The lowest BCUT2D eigenvalue weighted by atomic mass is 10.1. The summed E-state index contributed by atoms with van der Waals surface area (Å²) >= 11 is 6.14. The van der Waals surface area contributed by atoms with E-state index in [-0.39, 0.29) is 24.2 Å². The van der Waals surface area contributed by atoms with E-state index in [4.69, 9.17) is 16.3 Å². The number of hydrogen-bond donors (Lipinski definition) is 1. The number of carbonyl (C=O) groups is 2. The second-order valence-electron chi connectivity index (χ2n) is 7.07. The number of amides is 2. The number of para-hydroxylation sites is 1. The highest BCUT2D eigenvalue weighted by Crippen LogP contribution is 2.26. The Balaban J connectivity index is 1.24. The number of ether oxygens (including phenoxy) is 1. The van der Waals surface area contributed by atoms with Gasteiger partial charge in [0.2, 0.25) is 5.91 Å². The fraction of sp³-hybridized carbons (Fsp3) is 0.286. The Labute approximate surface area is 184 Å². The largest absolute Gasteiger partial charge is 0.489 e. The van der Waals surface area contributed by atoms with Crippen LogP contribution in [-0.4, -0.2) is 62.4 Å². The lowest BCUT2D eigenvalue weighted by molar-refractivity contribution is -0.131. The van der Waals surface area contributed by atoms with E-state index < -0.39 is 5.91 Å². The maximum absolute atomic E-state index is 12.5. The molecule has 9 nitrogen and oxygen atoms in total. The predicted octanol–water partition coefficient (Wildman–Crippen LogP) is 2.12. The van der Waals surface area contributed by atoms with Gasteiger partial charge in [-0.15, -0.1) is 5.10 Å². The van der Waals surface area contributed by atoms with Crippen LogP contribution in [0.15, 0.2) is 55.0 Å². The van der Waals surface area contributed by atoms with Crippen LogP contribution in [0.5, 0.6) is 5.75 Å². The van der Waals surface area contributed by atoms with Crippen LogP contribution in [-0.2, 0) is 4.79 Å². The normalized spacial score (nSPS) is 14.3. The number of likely N-dealkylation sites (tertiary alicyclic amines) is 1. The number of carbonyl (C=O) groups excluding carboxylic acids is 2. The van der Waals surface area contributed by atoms with Crippen molar-refractivity contribution in [3.8, 4) is 11.4 Å². The molecule has 1 fully saturated rings. The van der Waals surface area contributed by atoms with Gasteiger partial charge in [0.25, 0.3) is 5.91 Å². The van der Waals surface area contributed by atoms with E-state index >= 15 is 0 Å².